The molecule has 116 valence electrons. The molecule has 0 aliphatic rings. The zero-order valence-electron chi connectivity index (χ0n) is 12.5. The molecular weight excluding hydrogens is 288 g/mol. The van der Waals surface area contributed by atoms with Crippen LogP contribution in [0.3, 0.4) is 0 Å². The molecule has 23 heavy (non-hydrogen) atoms. The summed E-state index contributed by atoms with van der Waals surface area (Å²) in [6, 6.07) is 26.9. The molecule has 0 radical (unpaired) electrons. The summed E-state index contributed by atoms with van der Waals surface area (Å²) in [6.07, 6.45) is 0. The van der Waals surface area contributed by atoms with E-state index in [1.54, 1.807) is 24.3 Å². The van der Waals surface area contributed by atoms with E-state index in [0.717, 1.165) is 11.4 Å². The summed E-state index contributed by atoms with van der Waals surface area (Å²) in [5.74, 6) is 0.322. The fraction of sp³-hybridized carbons (Fsp3) is 0. The van der Waals surface area contributed by atoms with Gasteiger partial charge in [-0.25, -0.2) is 4.79 Å². The van der Waals surface area contributed by atoms with Crippen LogP contribution in [0.2, 0.25) is 0 Å². The minimum atomic E-state index is -0.489. The Bertz CT molecular complexity index is 677. The van der Waals surface area contributed by atoms with Gasteiger partial charge in [0, 0.05) is 0 Å². The van der Waals surface area contributed by atoms with Crippen molar-refractivity contribution in [3.05, 3.63) is 91.0 Å². The van der Waals surface area contributed by atoms with Crippen molar-refractivity contribution in [2.24, 2.45) is 5.73 Å². The van der Waals surface area contributed by atoms with Crippen LogP contribution in [0.25, 0.3) is 0 Å². The number of anilines is 2. The predicted molar refractivity (Wildman–Crippen MR) is 92.7 cm³/mol. The average Bonchev–Trinajstić information content (AvgIpc) is 2.58. The summed E-state index contributed by atoms with van der Waals surface area (Å²) in [5, 5.41) is 8.63. The number of nitrogens with two attached hydrogens (primary N) is 1. The second-order valence-electron chi connectivity index (χ2n) is 4.68. The Morgan fingerprint density at radius 3 is 1.30 bits per heavy atom. The van der Waals surface area contributed by atoms with E-state index in [1.165, 1.54) is 4.90 Å². The smallest absolute Gasteiger partial charge is 0.323 e. The number of hydrogen-bond acceptors (Lipinski definition) is 2. The summed E-state index contributed by atoms with van der Waals surface area (Å²) < 4.78 is 0. The molecule has 3 aromatic rings. The van der Waals surface area contributed by atoms with Crippen LogP contribution in [-0.4, -0.2) is 11.1 Å². The molecule has 0 atom stereocenters. The number of aromatic hydroxyl groups is 1. The van der Waals surface area contributed by atoms with Crippen LogP contribution >= 0.6 is 0 Å². The molecule has 0 bridgehead atoms. The summed E-state index contributed by atoms with van der Waals surface area (Å²) >= 11 is 0. The highest BCUT2D eigenvalue weighted by atomic mass is 16.3. The van der Waals surface area contributed by atoms with Gasteiger partial charge in [0.05, 0.1) is 11.4 Å². The summed E-state index contributed by atoms with van der Waals surface area (Å²) in [7, 11) is 0. The van der Waals surface area contributed by atoms with Gasteiger partial charge in [-0.05, 0) is 36.4 Å². The molecule has 3 N–H and O–H groups in total. The maximum Gasteiger partial charge on any atom is 0.323 e. The minimum absolute atomic E-state index is 0.322. The van der Waals surface area contributed by atoms with E-state index in [2.05, 4.69) is 0 Å². The van der Waals surface area contributed by atoms with E-state index >= 15 is 0 Å². The molecule has 0 saturated heterocycles. The van der Waals surface area contributed by atoms with Crippen LogP contribution in [0.5, 0.6) is 5.75 Å². The van der Waals surface area contributed by atoms with E-state index in [-0.39, 0.29) is 0 Å². The topological polar surface area (TPSA) is 66.6 Å². The molecule has 0 spiro atoms. The lowest BCUT2D eigenvalue weighted by Gasteiger charge is -2.20. The number of carbonyl (C=O) groups is 1. The van der Waals surface area contributed by atoms with E-state index < -0.39 is 6.03 Å². The van der Waals surface area contributed by atoms with Gasteiger partial charge in [-0.2, -0.15) is 0 Å². The Morgan fingerprint density at radius 2 is 1.04 bits per heavy atom. The Kier molecular flexibility index (Phi) is 5.77. The first-order valence-electron chi connectivity index (χ1n) is 7.12. The van der Waals surface area contributed by atoms with Gasteiger partial charge < -0.3 is 10.8 Å². The molecule has 0 heterocycles. The van der Waals surface area contributed by atoms with Crippen molar-refractivity contribution in [1.29, 1.82) is 0 Å². The number of phenols is 1. The van der Waals surface area contributed by atoms with Gasteiger partial charge in [-0.3, -0.25) is 4.90 Å². The number of carbonyl (C=O) groups excluding carboxylic acids is 1. The molecular formula is C19H18N2O2. The lowest BCUT2D eigenvalue weighted by molar-refractivity contribution is 0.256. The Morgan fingerprint density at radius 1 is 0.696 bits per heavy atom. The van der Waals surface area contributed by atoms with Gasteiger partial charge in [0.2, 0.25) is 0 Å². The number of phenolic OH excluding ortho intramolecular Hbond substituents is 1. The zero-order chi connectivity index (χ0) is 16.5. The van der Waals surface area contributed by atoms with Crippen molar-refractivity contribution in [2.75, 3.05) is 4.90 Å². The maximum absolute atomic E-state index is 11.4. The monoisotopic (exact) mass is 306 g/mol. The molecule has 0 unspecified atom stereocenters. The third-order valence-corrected chi connectivity index (χ3v) is 3.01. The predicted octanol–water partition coefficient (Wildman–Crippen LogP) is 4.30. The third-order valence-electron chi connectivity index (χ3n) is 3.01. The standard InChI is InChI=1S/C13H12N2O.C6H6O/c14-13(16)15(11-7-3-1-4-8-11)12-9-5-2-6-10-12;7-6-4-2-1-3-5-6/h1-10H,(H2,14,16);1-5,7H. The second-order valence-corrected chi connectivity index (χ2v) is 4.68. The number of para-hydroxylation sites is 3. The van der Waals surface area contributed by atoms with Gasteiger partial charge in [-0.1, -0.05) is 54.6 Å². The van der Waals surface area contributed by atoms with Crippen molar-refractivity contribution >= 4 is 17.4 Å². The zero-order valence-corrected chi connectivity index (χ0v) is 12.5. The highest BCUT2D eigenvalue weighted by molar-refractivity contribution is 5.98. The largest absolute Gasteiger partial charge is 0.508 e. The first-order valence-corrected chi connectivity index (χ1v) is 7.12. The first-order chi connectivity index (χ1) is 11.2. The minimum Gasteiger partial charge on any atom is -0.508 e. The number of urea groups is 1. The molecule has 3 aromatic carbocycles. The first kappa shape index (κ1) is 16.1. The van der Waals surface area contributed by atoms with E-state index in [4.69, 9.17) is 10.8 Å². The molecule has 0 aliphatic heterocycles. The second kappa shape index (κ2) is 8.24. The number of amides is 2. The van der Waals surface area contributed by atoms with Gasteiger partial charge in [0.1, 0.15) is 5.75 Å². The molecule has 2 amide bonds. The van der Waals surface area contributed by atoms with Crippen LogP contribution in [0.1, 0.15) is 0 Å². The van der Waals surface area contributed by atoms with Crippen LogP contribution in [0, 0.1) is 0 Å². The molecule has 4 heteroatoms. The van der Waals surface area contributed by atoms with Gasteiger partial charge >= 0.3 is 6.03 Å². The van der Waals surface area contributed by atoms with Crippen LogP contribution < -0.4 is 10.6 Å². The normalized spacial score (nSPS) is 9.39. The highest BCUT2D eigenvalue weighted by Crippen LogP contribution is 2.24. The quantitative estimate of drug-likeness (QED) is 0.741. The summed E-state index contributed by atoms with van der Waals surface area (Å²) in [6.45, 7) is 0. The van der Waals surface area contributed by atoms with Crippen molar-refractivity contribution in [3.63, 3.8) is 0 Å². The highest BCUT2D eigenvalue weighted by Gasteiger charge is 2.13. The van der Waals surface area contributed by atoms with E-state index in [0.29, 0.717) is 5.75 Å². The molecule has 0 aromatic heterocycles. The van der Waals surface area contributed by atoms with E-state index in [1.807, 2.05) is 66.7 Å². The van der Waals surface area contributed by atoms with Gasteiger partial charge in [-0.15, -0.1) is 0 Å². The van der Waals surface area contributed by atoms with Crippen molar-refractivity contribution in [3.8, 4) is 5.75 Å². The molecule has 3 rings (SSSR count). The van der Waals surface area contributed by atoms with Crippen LogP contribution in [0.15, 0.2) is 91.0 Å². The fourth-order valence-corrected chi connectivity index (χ4v) is 1.99. The Hall–Kier alpha value is -3.27. The number of hydrogen-bond donors (Lipinski definition) is 2. The number of rotatable bonds is 2. The Labute approximate surface area is 135 Å². The van der Waals surface area contributed by atoms with Crippen LogP contribution in [0.4, 0.5) is 16.2 Å². The molecule has 0 saturated carbocycles. The fourth-order valence-electron chi connectivity index (χ4n) is 1.99. The van der Waals surface area contributed by atoms with Crippen molar-refractivity contribution in [1.82, 2.24) is 0 Å². The Balaban J connectivity index is 0.000000229. The lowest BCUT2D eigenvalue weighted by atomic mass is 10.2. The molecule has 4 nitrogen and oxygen atoms in total. The SMILES string of the molecule is NC(=O)N(c1ccccc1)c1ccccc1.Oc1ccccc1. The number of primary amides is 1. The molecule has 0 fully saturated rings. The third kappa shape index (κ3) is 4.89. The van der Waals surface area contributed by atoms with Crippen molar-refractivity contribution in [2.45, 2.75) is 0 Å². The summed E-state index contributed by atoms with van der Waals surface area (Å²) in [5.41, 5.74) is 6.92. The summed E-state index contributed by atoms with van der Waals surface area (Å²) in [4.78, 5) is 12.9. The maximum atomic E-state index is 11.4. The van der Waals surface area contributed by atoms with Gasteiger partial charge in [0.15, 0.2) is 0 Å². The lowest BCUT2D eigenvalue weighted by Crippen LogP contribution is -2.31. The van der Waals surface area contributed by atoms with Gasteiger partial charge in [0.25, 0.3) is 0 Å². The van der Waals surface area contributed by atoms with Crippen molar-refractivity contribution < 1.29 is 9.90 Å². The number of benzene rings is 3. The average molecular weight is 306 g/mol. The molecule has 0 aliphatic carbocycles. The number of nitrogens with zero attached hydrogens (tertiary/aromatic N) is 1. The van der Waals surface area contributed by atoms with E-state index in [9.17, 15) is 4.79 Å². The van der Waals surface area contributed by atoms with Crippen LogP contribution in [-0.2, 0) is 0 Å².